The van der Waals surface area contributed by atoms with E-state index < -0.39 is 5.97 Å². The lowest BCUT2D eigenvalue weighted by Gasteiger charge is -2.11. The van der Waals surface area contributed by atoms with Gasteiger partial charge in [-0.3, -0.25) is 0 Å². The monoisotopic (exact) mass is 399 g/mol. The Morgan fingerprint density at radius 2 is 1.21 bits per heavy atom. The van der Waals surface area contributed by atoms with Crippen LogP contribution in [0.2, 0.25) is 0 Å². The molecule has 0 aliphatic heterocycles. The molecule has 0 unspecified atom stereocenters. The molecular formula is C25H19O3S+. The van der Waals surface area contributed by atoms with E-state index in [9.17, 15) is 9.90 Å². The fourth-order valence-electron chi connectivity index (χ4n) is 3.05. The molecule has 3 nitrogen and oxygen atoms in total. The van der Waals surface area contributed by atoms with Gasteiger partial charge < -0.3 is 9.84 Å². The van der Waals surface area contributed by atoms with E-state index in [-0.39, 0.29) is 16.5 Å². The Balaban J connectivity index is 1.74. The topological polar surface area (TPSA) is 46.5 Å². The number of carbonyl (C=O) groups is 1. The highest BCUT2D eigenvalue weighted by Crippen LogP contribution is 2.34. The number of hydrogen-bond donors (Lipinski definition) is 1. The number of hydrogen-bond acceptors (Lipinski definition) is 2. The van der Waals surface area contributed by atoms with Crippen LogP contribution in [0.25, 0.3) is 0 Å². The molecule has 0 aliphatic rings. The summed E-state index contributed by atoms with van der Waals surface area (Å²) < 4.78 is 5.96. The molecule has 0 amide bonds. The highest BCUT2D eigenvalue weighted by molar-refractivity contribution is 7.97. The third-order valence-electron chi connectivity index (χ3n) is 4.34. The lowest BCUT2D eigenvalue weighted by Crippen LogP contribution is -2.05. The molecule has 1 N–H and O–H groups in total. The largest absolute Gasteiger partial charge is 0.478 e. The Hall–Kier alpha value is -3.50. The molecule has 0 radical (unpaired) electrons. The number of rotatable bonds is 6. The van der Waals surface area contributed by atoms with Crippen molar-refractivity contribution in [3.8, 4) is 11.5 Å². The van der Waals surface area contributed by atoms with Gasteiger partial charge in [-0.15, -0.1) is 0 Å². The van der Waals surface area contributed by atoms with Crippen molar-refractivity contribution < 1.29 is 14.6 Å². The minimum atomic E-state index is -1.01. The second-order valence-corrected chi connectivity index (χ2v) is 8.34. The number of carboxylic acid groups (broad SMARTS) is 1. The average molecular weight is 399 g/mol. The maximum absolute atomic E-state index is 11.5. The van der Waals surface area contributed by atoms with Crippen molar-refractivity contribution in [1.82, 2.24) is 0 Å². The second kappa shape index (κ2) is 8.67. The van der Waals surface area contributed by atoms with Crippen molar-refractivity contribution in [2.45, 2.75) is 14.7 Å². The summed E-state index contributed by atoms with van der Waals surface area (Å²) >= 11 is 0. The normalized spacial score (nSPS) is 10.7. The molecule has 0 atom stereocenters. The fourth-order valence-corrected chi connectivity index (χ4v) is 5.17. The molecule has 0 spiro atoms. The van der Waals surface area contributed by atoms with Crippen LogP contribution in [-0.2, 0) is 10.9 Å². The minimum Gasteiger partial charge on any atom is -0.478 e. The maximum Gasteiger partial charge on any atom is 0.339 e. The fraction of sp³-hybridized carbons (Fsp3) is 0. The van der Waals surface area contributed by atoms with E-state index in [1.165, 1.54) is 9.79 Å². The summed E-state index contributed by atoms with van der Waals surface area (Å²) in [6, 6.07) is 35.2. The first kappa shape index (κ1) is 18.8. The first-order chi connectivity index (χ1) is 14.2. The Kier molecular flexibility index (Phi) is 5.63. The zero-order valence-electron chi connectivity index (χ0n) is 15.6. The summed E-state index contributed by atoms with van der Waals surface area (Å²) in [6.45, 7) is 0. The summed E-state index contributed by atoms with van der Waals surface area (Å²) in [4.78, 5) is 15.0. The van der Waals surface area contributed by atoms with Gasteiger partial charge in [-0.25, -0.2) is 4.79 Å². The van der Waals surface area contributed by atoms with Gasteiger partial charge in [-0.05, 0) is 48.5 Å². The molecule has 0 saturated heterocycles. The maximum atomic E-state index is 11.5. The molecule has 4 aromatic rings. The Morgan fingerprint density at radius 3 is 1.83 bits per heavy atom. The van der Waals surface area contributed by atoms with E-state index in [0.717, 1.165) is 4.90 Å². The van der Waals surface area contributed by atoms with Gasteiger partial charge in [0.15, 0.2) is 14.7 Å². The molecule has 0 heterocycles. The number of carboxylic acids is 1. The first-order valence-electron chi connectivity index (χ1n) is 9.17. The van der Waals surface area contributed by atoms with E-state index in [4.69, 9.17) is 4.74 Å². The van der Waals surface area contributed by atoms with Gasteiger partial charge in [0, 0.05) is 6.07 Å². The average Bonchev–Trinajstić information content (AvgIpc) is 2.76. The van der Waals surface area contributed by atoms with E-state index >= 15 is 0 Å². The molecule has 142 valence electrons. The smallest absolute Gasteiger partial charge is 0.339 e. The summed E-state index contributed by atoms with van der Waals surface area (Å²) in [5, 5.41) is 9.41. The number of aromatic carboxylic acids is 1. The molecule has 0 bridgehead atoms. The molecule has 4 heteroatoms. The van der Waals surface area contributed by atoms with Gasteiger partial charge in [0.05, 0.1) is 10.9 Å². The van der Waals surface area contributed by atoms with Crippen molar-refractivity contribution in [3.63, 3.8) is 0 Å². The standard InChI is InChI=1S/C25H18O3S/c26-25(27)23-16-7-8-17-24(23)28-19-10-9-15-22(18-19)29(20-11-3-1-4-12-20)21-13-5-2-6-14-21/h1-18H/p+1. The van der Waals surface area contributed by atoms with Crippen LogP contribution in [0, 0.1) is 0 Å². The number of benzene rings is 4. The van der Waals surface area contributed by atoms with Crippen molar-refractivity contribution in [3.05, 3.63) is 115 Å². The first-order valence-corrected chi connectivity index (χ1v) is 10.4. The third kappa shape index (κ3) is 4.33. The van der Waals surface area contributed by atoms with Crippen LogP contribution in [0.3, 0.4) is 0 Å². The van der Waals surface area contributed by atoms with Crippen LogP contribution in [0.4, 0.5) is 0 Å². The highest BCUT2D eigenvalue weighted by Gasteiger charge is 2.28. The quantitative estimate of drug-likeness (QED) is 0.389. The van der Waals surface area contributed by atoms with E-state index in [1.807, 2.05) is 54.6 Å². The highest BCUT2D eigenvalue weighted by atomic mass is 32.2. The summed E-state index contributed by atoms with van der Waals surface area (Å²) in [6.07, 6.45) is 0. The molecule has 0 fully saturated rings. The van der Waals surface area contributed by atoms with Gasteiger partial charge >= 0.3 is 5.97 Å². The Labute approximate surface area is 172 Å². The van der Waals surface area contributed by atoms with Crippen LogP contribution in [0.15, 0.2) is 124 Å². The predicted octanol–water partition coefficient (Wildman–Crippen LogP) is 6.27. The van der Waals surface area contributed by atoms with Crippen LogP contribution in [0.5, 0.6) is 11.5 Å². The van der Waals surface area contributed by atoms with Crippen molar-refractivity contribution in [1.29, 1.82) is 0 Å². The summed E-state index contributed by atoms with van der Waals surface area (Å²) in [7, 11) is -0.293. The van der Waals surface area contributed by atoms with Gasteiger partial charge in [0.1, 0.15) is 17.1 Å². The predicted molar refractivity (Wildman–Crippen MR) is 115 cm³/mol. The van der Waals surface area contributed by atoms with Crippen LogP contribution in [-0.4, -0.2) is 11.1 Å². The second-order valence-electron chi connectivity index (χ2n) is 6.31. The molecule has 0 saturated carbocycles. The number of ether oxygens (including phenoxy) is 1. The molecule has 4 rings (SSSR count). The summed E-state index contributed by atoms with van der Waals surface area (Å²) in [5.74, 6) is -0.0675. The number of para-hydroxylation sites is 1. The van der Waals surface area contributed by atoms with Gasteiger partial charge in [-0.1, -0.05) is 54.6 Å². The zero-order valence-corrected chi connectivity index (χ0v) is 16.4. The summed E-state index contributed by atoms with van der Waals surface area (Å²) in [5.41, 5.74) is 0.142. The van der Waals surface area contributed by atoms with Crippen molar-refractivity contribution in [2.24, 2.45) is 0 Å². The lowest BCUT2D eigenvalue weighted by atomic mass is 10.2. The SMILES string of the molecule is O=C(O)c1ccccc1Oc1cccc([S+](c2ccccc2)c2ccccc2)c1. The molecule has 0 aromatic heterocycles. The van der Waals surface area contributed by atoms with Crippen LogP contribution >= 0.6 is 0 Å². The minimum absolute atomic E-state index is 0.142. The zero-order chi connectivity index (χ0) is 20.1. The van der Waals surface area contributed by atoms with Crippen LogP contribution < -0.4 is 4.74 Å². The van der Waals surface area contributed by atoms with E-state index in [0.29, 0.717) is 11.5 Å². The van der Waals surface area contributed by atoms with Crippen molar-refractivity contribution in [2.75, 3.05) is 0 Å². The van der Waals surface area contributed by atoms with E-state index in [2.05, 4.69) is 30.3 Å². The third-order valence-corrected chi connectivity index (χ3v) is 6.56. The lowest BCUT2D eigenvalue weighted by molar-refractivity contribution is 0.0694. The Morgan fingerprint density at radius 1 is 0.655 bits per heavy atom. The molecular weight excluding hydrogens is 380 g/mol. The molecule has 29 heavy (non-hydrogen) atoms. The van der Waals surface area contributed by atoms with E-state index in [1.54, 1.807) is 24.3 Å². The van der Waals surface area contributed by atoms with Crippen LogP contribution in [0.1, 0.15) is 10.4 Å². The van der Waals surface area contributed by atoms with Gasteiger partial charge in [0.25, 0.3) is 0 Å². The Bertz CT molecular complexity index is 1070. The van der Waals surface area contributed by atoms with Crippen molar-refractivity contribution >= 4 is 16.9 Å². The van der Waals surface area contributed by atoms with Gasteiger partial charge in [-0.2, -0.15) is 0 Å². The van der Waals surface area contributed by atoms with Gasteiger partial charge in [0.2, 0.25) is 0 Å². The molecule has 0 aliphatic carbocycles. The molecule has 4 aromatic carbocycles.